The third-order valence-electron chi connectivity index (χ3n) is 1.88. The molecule has 84 valence electrons. The van der Waals surface area contributed by atoms with Gasteiger partial charge in [-0.1, -0.05) is 24.9 Å². The Kier molecular flexibility index (Phi) is 5.43. The van der Waals surface area contributed by atoms with Crippen molar-refractivity contribution in [2.24, 2.45) is 0 Å². The van der Waals surface area contributed by atoms with Crippen molar-refractivity contribution in [1.82, 2.24) is 5.32 Å². The van der Waals surface area contributed by atoms with Gasteiger partial charge in [-0.15, -0.1) is 22.9 Å². The summed E-state index contributed by atoms with van der Waals surface area (Å²) in [5.74, 6) is -0.103. The number of hydrogen-bond donors (Lipinski definition) is 1. The Bertz CT molecular complexity index is 327. The van der Waals surface area contributed by atoms with E-state index >= 15 is 0 Å². The lowest BCUT2D eigenvalue weighted by Crippen LogP contribution is -2.29. The minimum Gasteiger partial charge on any atom is -0.350 e. The molecule has 2 nitrogen and oxygen atoms in total. The molecule has 0 saturated carbocycles. The van der Waals surface area contributed by atoms with Gasteiger partial charge in [0.05, 0.1) is 14.6 Å². The molecule has 0 aromatic carbocycles. The van der Waals surface area contributed by atoms with Crippen molar-refractivity contribution in [3.8, 4) is 0 Å². The molecule has 1 N–H and O–H groups in total. The fourth-order valence-corrected chi connectivity index (χ4v) is 2.40. The maximum absolute atomic E-state index is 11.5. The van der Waals surface area contributed by atoms with Gasteiger partial charge in [-0.25, -0.2) is 0 Å². The zero-order valence-electron chi connectivity index (χ0n) is 8.43. The molecule has 1 unspecified atom stereocenters. The number of hydrogen-bond acceptors (Lipinski definition) is 2. The molecule has 1 atom stereocenters. The molecule has 0 radical (unpaired) electrons. The van der Waals surface area contributed by atoms with Gasteiger partial charge in [-0.05, 0) is 18.6 Å². The predicted octanol–water partition coefficient (Wildman–Crippen LogP) is 3.54. The van der Waals surface area contributed by atoms with E-state index in [-0.39, 0.29) is 11.3 Å². The zero-order chi connectivity index (χ0) is 11.3. The van der Waals surface area contributed by atoms with Gasteiger partial charge in [0.2, 0.25) is 0 Å². The molecule has 0 fully saturated rings. The van der Waals surface area contributed by atoms with Crippen molar-refractivity contribution in [2.45, 2.75) is 25.1 Å². The van der Waals surface area contributed by atoms with Crippen LogP contribution in [-0.4, -0.2) is 17.8 Å². The lowest BCUT2D eigenvalue weighted by atomic mass is 10.2. The molecule has 5 heteroatoms. The molecule has 0 aliphatic carbocycles. The largest absolute Gasteiger partial charge is 0.350 e. The number of rotatable bonds is 5. The Morgan fingerprint density at radius 2 is 2.33 bits per heavy atom. The second-order valence-corrected chi connectivity index (χ2v) is 5.53. The molecule has 0 bridgehead atoms. The van der Waals surface area contributed by atoms with E-state index in [1.807, 2.05) is 0 Å². The first-order valence-corrected chi connectivity index (χ1v) is 6.44. The average Bonchev–Trinajstić information content (AvgIpc) is 2.62. The predicted molar refractivity (Wildman–Crippen MR) is 66.2 cm³/mol. The standard InChI is InChI=1S/C10H13Cl2NOS/c1-2-3-7(11)6-13-10(14)8-4-5-9(12)15-8/h4-5,7H,2-3,6H2,1H3,(H,13,14). The highest BCUT2D eigenvalue weighted by atomic mass is 35.5. The van der Waals surface area contributed by atoms with Crippen LogP contribution in [0.25, 0.3) is 0 Å². The van der Waals surface area contributed by atoms with Crippen LogP contribution in [0.15, 0.2) is 12.1 Å². The number of carbonyl (C=O) groups excluding carboxylic acids is 1. The van der Waals surface area contributed by atoms with E-state index in [9.17, 15) is 4.79 Å². The number of carbonyl (C=O) groups is 1. The van der Waals surface area contributed by atoms with Gasteiger partial charge in [-0.3, -0.25) is 4.79 Å². The summed E-state index contributed by atoms with van der Waals surface area (Å²) in [5, 5.41) is 2.79. The first-order chi connectivity index (χ1) is 7.13. The van der Waals surface area contributed by atoms with Crippen LogP contribution in [0.4, 0.5) is 0 Å². The van der Waals surface area contributed by atoms with E-state index in [0.29, 0.717) is 15.8 Å². The number of amides is 1. The first kappa shape index (κ1) is 12.8. The summed E-state index contributed by atoms with van der Waals surface area (Å²) >= 11 is 13.0. The van der Waals surface area contributed by atoms with Crippen molar-refractivity contribution < 1.29 is 4.79 Å². The Morgan fingerprint density at radius 1 is 1.60 bits per heavy atom. The highest BCUT2D eigenvalue weighted by molar-refractivity contribution is 7.17. The number of thiophene rings is 1. The van der Waals surface area contributed by atoms with Crippen molar-refractivity contribution in [3.05, 3.63) is 21.3 Å². The van der Waals surface area contributed by atoms with Crippen molar-refractivity contribution in [3.63, 3.8) is 0 Å². The highest BCUT2D eigenvalue weighted by Crippen LogP contribution is 2.21. The minimum absolute atomic E-state index is 0.00869. The molecule has 0 aliphatic rings. The van der Waals surface area contributed by atoms with Gasteiger partial charge in [0, 0.05) is 6.54 Å². The van der Waals surface area contributed by atoms with E-state index in [0.717, 1.165) is 12.8 Å². The van der Waals surface area contributed by atoms with E-state index in [1.54, 1.807) is 12.1 Å². The fourth-order valence-electron chi connectivity index (χ4n) is 1.14. The van der Waals surface area contributed by atoms with Crippen LogP contribution in [0.3, 0.4) is 0 Å². The Hall–Kier alpha value is -0.250. The quantitative estimate of drug-likeness (QED) is 0.811. The normalized spacial score (nSPS) is 12.5. The second-order valence-electron chi connectivity index (χ2n) is 3.20. The zero-order valence-corrected chi connectivity index (χ0v) is 10.8. The third kappa shape index (κ3) is 4.41. The Labute approximate surface area is 104 Å². The Morgan fingerprint density at radius 3 is 2.87 bits per heavy atom. The van der Waals surface area contributed by atoms with E-state index < -0.39 is 0 Å². The molecule has 1 aromatic rings. The van der Waals surface area contributed by atoms with Crippen LogP contribution in [0.5, 0.6) is 0 Å². The molecule has 1 aromatic heterocycles. The fraction of sp³-hybridized carbons (Fsp3) is 0.500. The average molecular weight is 266 g/mol. The summed E-state index contributed by atoms with van der Waals surface area (Å²) in [4.78, 5) is 12.2. The van der Waals surface area contributed by atoms with E-state index in [4.69, 9.17) is 23.2 Å². The lowest BCUT2D eigenvalue weighted by Gasteiger charge is -2.08. The molecule has 0 aliphatic heterocycles. The van der Waals surface area contributed by atoms with Crippen molar-refractivity contribution >= 4 is 40.4 Å². The van der Waals surface area contributed by atoms with Crippen molar-refractivity contribution in [2.75, 3.05) is 6.54 Å². The summed E-state index contributed by atoms with van der Waals surface area (Å²) in [7, 11) is 0. The van der Waals surface area contributed by atoms with Gasteiger partial charge in [-0.2, -0.15) is 0 Å². The van der Waals surface area contributed by atoms with Crippen molar-refractivity contribution in [1.29, 1.82) is 0 Å². The summed E-state index contributed by atoms with van der Waals surface area (Å²) in [5.41, 5.74) is 0. The van der Waals surface area contributed by atoms with Crippen LogP contribution in [0.1, 0.15) is 29.4 Å². The molecule has 1 rings (SSSR count). The summed E-state index contributed by atoms with van der Waals surface area (Å²) in [6.45, 7) is 2.57. The summed E-state index contributed by atoms with van der Waals surface area (Å²) in [6.07, 6.45) is 1.93. The Balaban J connectivity index is 2.36. The number of alkyl halides is 1. The highest BCUT2D eigenvalue weighted by Gasteiger charge is 2.10. The maximum atomic E-state index is 11.5. The summed E-state index contributed by atoms with van der Waals surface area (Å²) in [6, 6.07) is 3.43. The molecule has 0 spiro atoms. The van der Waals surface area contributed by atoms with Gasteiger partial charge < -0.3 is 5.32 Å². The van der Waals surface area contributed by atoms with Crippen LogP contribution < -0.4 is 5.32 Å². The third-order valence-corrected chi connectivity index (χ3v) is 3.49. The number of nitrogens with one attached hydrogen (secondary N) is 1. The summed E-state index contributed by atoms with van der Waals surface area (Å²) < 4.78 is 0.621. The van der Waals surface area contributed by atoms with Gasteiger partial charge in [0.25, 0.3) is 5.91 Å². The van der Waals surface area contributed by atoms with Crippen LogP contribution >= 0.6 is 34.5 Å². The molecular weight excluding hydrogens is 253 g/mol. The first-order valence-electron chi connectivity index (χ1n) is 4.81. The SMILES string of the molecule is CCCC(Cl)CNC(=O)c1ccc(Cl)s1. The monoisotopic (exact) mass is 265 g/mol. The molecular formula is C10H13Cl2NOS. The van der Waals surface area contributed by atoms with Gasteiger partial charge in [0.15, 0.2) is 0 Å². The smallest absolute Gasteiger partial charge is 0.261 e. The van der Waals surface area contributed by atoms with Gasteiger partial charge in [0.1, 0.15) is 0 Å². The molecule has 1 heterocycles. The maximum Gasteiger partial charge on any atom is 0.261 e. The molecule has 15 heavy (non-hydrogen) atoms. The van der Waals surface area contributed by atoms with E-state index in [1.165, 1.54) is 11.3 Å². The minimum atomic E-state index is -0.103. The lowest BCUT2D eigenvalue weighted by molar-refractivity contribution is 0.0957. The number of halogens is 2. The molecule has 1 amide bonds. The van der Waals surface area contributed by atoms with Gasteiger partial charge >= 0.3 is 0 Å². The van der Waals surface area contributed by atoms with Crippen LogP contribution in [-0.2, 0) is 0 Å². The van der Waals surface area contributed by atoms with Crippen LogP contribution in [0, 0.1) is 0 Å². The van der Waals surface area contributed by atoms with E-state index in [2.05, 4.69) is 12.2 Å². The van der Waals surface area contributed by atoms with Crippen LogP contribution in [0.2, 0.25) is 4.34 Å². The molecule has 0 saturated heterocycles. The second kappa shape index (κ2) is 6.36. The topological polar surface area (TPSA) is 29.1 Å².